The van der Waals surface area contributed by atoms with Crippen LogP contribution in [0.2, 0.25) is 39.3 Å². The van der Waals surface area contributed by atoms with Gasteiger partial charge in [-0.3, -0.25) is 9.59 Å². The van der Waals surface area contributed by atoms with Crippen LogP contribution in [0.3, 0.4) is 0 Å². The van der Waals surface area contributed by atoms with E-state index in [1.54, 1.807) is 0 Å². The average Bonchev–Trinajstić information content (AvgIpc) is 2.62. The Morgan fingerprint density at radius 3 is 2.05 bits per heavy atom. The zero-order chi connectivity index (χ0) is 15.3. The van der Waals surface area contributed by atoms with E-state index in [0.717, 1.165) is 5.20 Å². The third-order valence-electron chi connectivity index (χ3n) is 3.99. The minimum absolute atomic E-state index is 0.0320. The van der Waals surface area contributed by atoms with Gasteiger partial charge in [-0.2, -0.15) is 0 Å². The molecule has 0 N–H and O–H groups in total. The topological polar surface area (TPSA) is 43.4 Å². The molecule has 1 spiro atoms. The number of Topliss-reactive ketones (excluding diaryl/α,β-unsaturated/α-hetero) is 1. The molecule has 0 amide bonds. The zero-order valence-electron chi connectivity index (χ0n) is 13.3. The van der Waals surface area contributed by atoms with Gasteiger partial charge < -0.3 is 4.74 Å². The first-order valence-corrected chi connectivity index (χ1v) is 14.2. The van der Waals surface area contributed by atoms with Crippen LogP contribution in [-0.4, -0.2) is 33.5 Å². The fourth-order valence-corrected chi connectivity index (χ4v) is 5.52. The van der Waals surface area contributed by atoms with Crippen LogP contribution in [0.4, 0.5) is 0 Å². The summed E-state index contributed by atoms with van der Waals surface area (Å²) in [4.78, 5) is 24.4. The lowest BCUT2D eigenvalue weighted by atomic mass is 9.90. The van der Waals surface area contributed by atoms with Gasteiger partial charge in [0.05, 0.1) is 22.6 Å². The molecule has 3 nitrogen and oxygen atoms in total. The number of carbonyl (C=O) groups excluding carboxylic acids is 2. The summed E-state index contributed by atoms with van der Waals surface area (Å²) in [6.07, 6.45) is 4.91. The summed E-state index contributed by atoms with van der Waals surface area (Å²) in [5.74, 6) is -0.217. The molecule has 0 unspecified atom stereocenters. The van der Waals surface area contributed by atoms with Crippen molar-refractivity contribution in [3.8, 4) is 0 Å². The normalized spacial score (nSPS) is 27.5. The summed E-state index contributed by atoms with van der Waals surface area (Å²) in [5.41, 5.74) is -0.989. The Morgan fingerprint density at radius 1 is 1.05 bits per heavy atom. The van der Waals surface area contributed by atoms with Crippen molar-refractivity contribution in [1.29, 1.82) is 0 Å². The van der Waals surface area contributed by atoms with Crippen molar-refractivity contribution >= 4 is 27.9 Å². The summed E-state index contributed by atoms with van der Waals surface area (Å²) in [7, 11) is -3.31. The van der Waals surface area contributed by atoms with E-state index in [9.17, 15) is 9.59 Å². The van der Waals surface area contributed by atoms with E-state index in [1.807, 2.05) is 6.08 Å². The van der Waals surface area contributed by atoms with E-state index < -0.39 is 21.7 Å². The standard InChI is InChI=1S/C15H24O3Si2/c1-19(2,3)11-9-12(20(4,5)6)14(17)15(10-11)8-7-13(16)18-15/h9-10H,7-8H2,1-6H3/t15-/m0/s1. The number of carbonyl (C=O) groups is 2. The first kappa shape index (κ1) is 15.4. The maximum atomic E-state index is 12.9. The van der Waals surface area contributed by atoms with E-state index in [2.05, 4.69) is 45.4 Å². The van der Waals surface area contributed by atoms with Gasteiger partial charge in [-0.1, -0.05) is 50.6 Å². The molecular formula is C15H24O3Si2. The van der Waals surface area contributed by atoms with Gasteiger partial charge in [-0.25, -0.2) is 0 Å². The molecule has 0 aromatic carbocycles. The number of esters is 1. The van der Waals surface area contributed by atoms with Crippen molar-refractivity contribution in [3.05, 3.63) is 22.5 Å². The smallest absolute Gasteiger partial charge is 0.307 e. The second-order valence-corrected chi connectivity index (χ2v) is 18.0. The van der Waals surface area contributed by atoms with Gasteiger partial charge in [0.2, 0.25) is 5.78 Å². The predicted molar refractivity (Wildman–Crippen MR) is 85.9 cm³/mol. The Morgan fingerprint density at radius 2 is 1.65 bits per heavy atom. The summed E-state index contributed by atoms with van der Waals surface area (Å²) in [6, 6.07) is 0. The van der Waals surface area contributed by atoms with Crippen molar-refractivity contribution in [2.75, 3.05) is 0 Å². The van der Waals surface area contributed by atoms with Crippen molar-refractivity contribution in [2.45, 2.75) is 57.7 Å². The van der Waals surface area contributed by atoms with Crippen LogP contribution >= 0.6 is 0 Å². The molecule has 1 aliphatic carbocycles. The van der Waals surface area contributed by atoms with Gasteiger partial charge in [0.15, 0.2) is 5.60 Å². The van der Waals surface area contributed by atoms with Gasteiger partial charge in [-0.15, -0.1) is 0 Å². The Hall–Kier alpha value is -0.946. The number of ketones is 1. The Labute approximate surface area is 123 Å². The molecule has 2 rings (SSSR count). The highest BCUT2D eigenvalue weighted by atomic mass is 28.3. The quantitative estimate of drug-likeness (QED) is 0.581. The Kier molecular flexibility index (Phi) is 3.50. The zero-order valence-corrected chi connectivity index (χ0v) is 15.3. The van der Waals surface area contributed by atoms with Gasteiger partial charge in [0.1, 0.15) is 0 Å². The van der Waals surface area contributed by atoms with E-state index in [0.29, 0.717) is 12.8 Å². The van der Waals surface area contributed by atoms with Crippen molar-refractivity contribution in [3.63, 3.8) is 0 Å². The number of rotatable bonds is 2. The molecule has 1 aliphatic heterocycles. The molecule has 5 heteroatoms. The average molecular weight is 309 g/mol. The Balaban J connectivity index is 2.58. The molecular weight excluding hydrogens is 284 g/mol. The van der Waals surface area contributed by atoms with Crippen LogP contribution in [0.1, 0.15) is 12.8 Å². The molecule has 0 aromatic rings. The first-order chi connectivity index (χ1) is 8.96. The predicted octanol–water partition coefficient (Wildman–Crippen LogP) is 3.25. The molecule has 1 heterocycles. The fraction of sp³-hybridized carbons (Fsp3) is 0.600. The molecule has 0 aromatic heterocycles. The second kappa shape index (κ2) is 4.53. The van der Waals surface area contributed by atoms with Crippen LogP contribution in [0.25, 0.3) is 0 Å². The van der Waals surface area contributed by atoms with Gasteiger partial charge >= 0.3 is 5.97 Å². The number of allylic oxidation sites excluding steroid dienone is 2. The molecule has 110 valence electrons. The lowest BCUT2D eigenvalue weighted by Crippen LogP contribution is -2.47. The summed E-state index contributed by atoms with van der Waals surface area (Å²) in [5, 5.41) is 2.16. The molecule has 1 atom stereocenters. The minimum Gasteiger partial charge on any atom is -0.446 e. The van der Waals surface area contributed by atoms with Gasteiger partial charge in [0.25, 0.3) is 0 Å². The molecule has 20 heavy (non-hydrogen) atoms. The highest BCUT2D eigenvalue weighted by Crippen LogP contribution is 2.40. The third kappa shape index (κ3) is 2.61. The number of ether oxygens (including phenoxy) is 1. The molecule has 0 saturated carbocycles. The number of hydrogen-bond donors (Lipinski definition) is 0. The third-order valence-corrected chi connectivity index (χ3v) is 8.00. The molecule has 1 fully saturated rings. The SMILES string of the molecule is C[Si](C)(C)C1=C[C@@]2(CCC(=O)O2)C(=O)C([Si](C)(C)C)=C1. The molecule has 2 aliphatic rings. The fourth-order valence-electron chi connectivity index (χ4n) is 2.65. The Bertz CT molecular complexity index is 532. The van der Waals surface area contributed by atoms with Crippen LogP contribution in [-0.2, 0) is 14.3 Å². The lowest BCUT2D eigenvalue weighted by molar-refractivity contribution is -0.151. The summed E-state index contributed by atoms with van der Waals surface area (Å²) >= 11 is 0. The molecule has 1 saturated heterocycles. The monoisotopic (exact) mass is 308 g/mol. The first-order valence-electron chi connectivity index (χ1n) is 7.18. The lowest BCUT2D eigenvalue weighted by Gasteiger charge is -2.35. The van der Waals surface area contributed by atoms with E-state index >= 15 is 0 Å². The van der Waals surface area contributed by atoms with Gasteiger partial charge in [0, 0.05) is 6.42 Å². The minimum atomic E-state index is -1.75. The van der Waals surface area contributed by atoms with E-state index in [-0.39, 0.29) is 11.8 Å². The van der Waals surface area contributed by atoms with E-state index in [1.165, 1.54) is 5.20 Å². The largest absolute Gasteiger partial charge is 0.446 e. The van der Waals surface area contributed by atoms with Crippen LogP contribution in [0.5, 0.6) is 0 Å². The maximum Gasteiger partial charge on any atom is 0.307 e. The second-order valence-electron chi connectivity index (χ2n) is 7.85. The molecule has 0 radical (unpaired) electrons. The number of hydrogen-bond acceptors (Lipinski definition) is 3. The van der Waals surface area contributed by atoms with Crippen LogP contribution < -0.4 is 0 Å². The molecule has 0 bridgehead atoms. The highest BCUT2D eigenvalue weighted by Gasteiger charge is 2.51. The van der Waals surface area contributed by atoms with Crippen molar-refractivity contribution < 1.29 is 14.3 Å². The van der Waals surface area contributed by atoms with Crippen molar-refractivity contribution in [2.24, 2.45) is 0 Å². The highest BCUT2D eigenvalue weighted by molar-refractivity contribution is 6.89. The van der Waals surface area contributed by atoms with E-state index in [4.69, 9.17) is 4.74 Å². The summed E-state index contributed by atoms with van der Waals surface area (Å²) in [6.45, 7) is 13.3. The van der Waals surface area contributed by atoms with Crippen LogP contribution in [0.15, 0.2) is 22.5 Å². The van der Waals surface area contributed by atoms with Crippen LogP contribution in [0, 0.1) is 0 Å². The van der Waals surface area contributed by atoms with Gasteiger partial charge in [-0.05, 0) is 11.3 Å². The summed E-state index contributed by atoms with van der Waals surface area (Å²) < 4.78 is 5.49. The van der Waals surface area contributed by atoms with Crippen molar-refractivity contribution in [1.82, 2.24) is 0 Å². The maximum absolute atomic E-state index is 12.9.